The van der Waals surface area contributed by atoms with Gasteiger partial charge in [0.1, 0.15) is 0 Å². The van der Waals surface area contributed by atoms with Gasteiger partial charge in [-0.2, -0.15) is 0 Å². The molecule has 0 spiro atoms. The summed E-state index contributed by atoms with van der Waals surface area (Å²) in [6.45, 7) is 2.57. The zero-order valence-electron chi connectivity index (χ0n) is 8.06. The summed E-state index contributed by atoms with van der Waals surface area (Å²) < 4.78 is 0. The molecule has 4 heteroatoms. The molecule has 2 N–H and O–H groups in total. The van der Waals surface area contributed by atoms with Crippen LogP contribution >= 0.6 is 0 Å². The zero-order valence-corrected chi connectivity index (χ0v) is 8.06. The molecule has 2 amide bonds. The lowest BCUT2D eigenvalue weighted by molar-refractivity contribution is -0.121. The molecule has 0 fully saturated rings. The van der Waals surface area contributed by atoms with Crippen molar-refractivity contribution in [1.29, 1.82) is 0 Å². The Morgan fingerprint density at radius 3 is 2.46 bits per heavy atom. The molecule has 75 valence electrons. The number of hydrogen-bond acceptors (Lipinski definition) is 2. The Kier molecular flexibility index (Phi) is 6.96. The van der Waals surface area contributed by atoms with E-state index in [4.69, 9.17) is 5.73 Å². The summed E-state index contributed by atoms with van der Waals surface area (Å²) in [5, 5.41) is 2.75. The number of hydrogen-bond donors (Lipinski definition) is 1. The number of rotatable bonds is 7. The first-order valence-corrected chi connectivity index (χ1v) is 4.68. The molecule has 1 radical (unpaired) electrons. The quantitative estimate of drug-likeness (QED) is 0.598. The van der Waals surface area contributed by atoms with Gasteiger partial charge in [0, 0.05) is 19.4 Å². The Bertz CT molecular complexity index is 169. The zero-order chi connectivity index (χ0) is 10.1. The third-order valence-electron chi connectivity index (χ3n) is 1.63. The smallest absolute Gasteiger partial charge is 0.238 e. The van der Waals surface area contributed by atoms with Crippen LogP contribution < -0.4 is 11.1 Å². The van der Waals surface area contributed by atoms with Crippen molar-refractivity contribution in [3.05, 3.63) is 0 Å². The molecule has 0 bridgehead atoms. The summed E-state index contributed by atoms with van der Waals surface area (Å²) >= 11 is 0. The molecule has 0 aliphatic rings. The van der Waals surface area contributed by atoms with Gasteiger partial charge in [0.15, 0.2) is 0 Å². The molecule has 0 aliphatic heterocycles. The fourth-order valence-electron chi connectivity index (χ4n) is 0.954. The molecule has 4 nitrogen and oxygen atoms in total. The second-order valence-electron chi connectivity index (χ2n) is 2.98. The molecule has 0 rings (SSSR count). The van der Waals surface area contributed by atoms with Crippen LogP contribution in [0.3, 0.4) is 0 Å². The maximum atomic E-state index is 10.9. The van der Waals surface area contributed by atoms with E-state index in [2.05, 4.69) is 5.32 Å². The van der Waals surface area contributed by atoms with Crippen LogP contribution in [-0.4, -0.2) is 18.4 Å². The lowest BCUT2D eigenvalue weighted by Crippen LogP contribution is -2.23. The molecule has 0 aromatic heterocycles. The van der Waals surface area contributed by atoms with Gasteiger partial charge in [-0.25, -0.2) is 0 Å². The van der Waals surface area contributed by atoms with Crippen molar-refractivity contribution in [2.24, 2.45) is 0 Å². The van der Waals surface area contributed by atoms with E-state index in [9.17, 15) is 9.59 Å². The minimum absolute atomic E-state index is 0.0692. The molecule has 0 saturated heterocycles. The van der Waals surface area contributed by atoms with Crippen molar-refractivity contribution in [3.63, 3.8) is 0 Å². The summed E-state index contributed by atoms with van der Waals surface area (Å²) in [5.41, 5.74) is 6.64. The van der Waals surface area contributed by atoms with Crippen LogP contribution in [0, 0.1) is 0 Å². The van der Waals surface area contributed by atoms with Crippen molar-refractivity contribution in [2.75, 3.05) is 6.54 Å². The molecule has 0 aromatic rings. The third kappa shape index (κ3) is 8.85. The number of unbranched alkanes of at least 4 members (excludes halogenated alkanes) is 1. The molecule has 0 heterocycles. The fraction of sp³-hybridized carbons (Fsp3) is 0.778. The van der Waals surface area contributed by atoms with Gasteiger partial charge in [0.2, 0.25) is 11.8 Å². The van der Waals surface area contributed by atoms with Gasteiger partial charge in [0.25, 0.3) is 0 Å². The maximum absolute atomic E-state index is 10.9. The van der Waals surface area contributed by atoms with Crippen LogP contribution in [0.2, 0.25) is 0 Å². The summed E-state index contributed by atoms with van der Waals surface area (Å²) in [6.07, 6.45) is 3.19. The minimum Gasteiger partial charge on any atom is -0.356 e. The van der Waals surface area contributed by atoms with Gasteiger partial charge in [-0.05, 0) is 19.3 Å². The van der Waals surface area contributed by atoms with Crippen LogP contribution in [0.4, 0.5) is 0 Å². The fourth-order valence-corrected chi connectivity index (χ4v) is 0.954. The first-order valence-electron chi connectivity index (χ1n) is 4.68. The largest absolute Gasteiger partial charge is 0.356 e. The lowest BCUT2D eigenvalue weighted by Gasteiger charge is -2.02. The second-order valence-corrected chi connectivity index (χ2v) is 2.98. The molecule has 0 unspecified atom stereocenters. The predicted octanol–water partition coefficient (Wildman–Crippen LogP) is 0.882. The lowest BCUT2D eigenvalue weighted by atomic mass is 10.2. The second kappa shape index (κ2) is 7.58. The van der Waals surface area contributed by atoms with E-state index >= 15 is 0 Å². The molecular weight excluding hydrogens is 168 g/mol. The Labute approximate surface area is 78.9 Å². The first-order chi connectivity index (χ1) is 6.16. The van der Waals surface area contributed by atoms with E-state index in [1.165, 1.54) is 0 Å². The number of carbonyl (C=O) groups is 2. The molecule has 0 atom stereocenters. The number of amides is 2. The van der Waals surface area contributed by atoms with Crippen molar-refractivity contribution >= 4 is 11.8 Å². The maximum Gasteiger partial charge on any atom is 0.238 e. The number of nitrogens with one attached hydrogen (secondary N) is 2. The van der Waals surface area contributed by atoms with Crippen molar-refractivity contribution < 1.29 is 9.59 Å². The summed E-state index contributed by atoms with van der Waals surface area (Å²) in [6, 6.07) is 0. The Balaban J connectivity index is 3.16. The normalized spacial score (nSPS) is 9.62. The van der Waals surface area contributed by atoms with E-state index in [0.29, 0.717) is 25.8 Å². The van der Waals surface area contributed by atoms with Gasteiger partial charge in [0.05, 0.1) is 0 Å². The summed E-state index contributed by atoms with van der Waals surface area (Å²) in [4.78, 5) is 21.1. The molecule has 0 saturated carbocycles. The topological polar surface area (TPSA) is 70.0 Å². The van der Waals surface area contributed by atoms with Gasteiger partial charge in [-0.1, -0.05) is 6.92 Å². The molecule has 0 aromatic carbocycles. The monoisotopic (exact) mass is 185 g/mol. The summed E-state index contributed by atoms with van der Waals surface area (Å²) in [7, 11) is 0. The highest BCUT2D eigenvalue weighted by Gasteiger charge is 1.98. The molecule has 13 heavy (non-hydrogen) atoms. The summed E-state index contributed by atoms with van der Waals surface area (Å²) in [5.74, 6) is -0.459. The predicted molar refractivity (Wildman–Crippen MR) is 49.9 cm³/mol. The van der Waals surface area contributed by atoms with Gasteiger partial charge in [-0.3, -0.25) is 15.3 Å². The van der Waals surface area contributed by atoms with Crippen LogP contribution in [0.1, 0.15) is 39.0 Å². The number of carbonyl (C=O) groups excluding carboxylic acids is 2. The Morgan fingerprint density at radius 2 is 1.92 bits per heavy atom. The molecular formula is C9H17N2O2. The third-order valence-corrected chi connectivity index (χ3v) is 1.63. The van der Waals surface area contributed by atoms with E-state index in [1.54, 1.807) is 0 Å². The highest BCUT2D eigenvalue weighted by atomic mass is 16.1. The van der Waals surface area contributed by atoms with Crippen molar-refractivity contribution in [2.45, 2.75) is 39.0 Å². The average molecular weight is 185 g/mol. The average Bonchev–Trinajstić information content (AvgIpc) is 2.03. The minimum atomic E-state index is -0.528. The Morgan fingerprint density at radius 1 is 1.23 bits per heavy atom. The van der Waals surface area contributed by atoms with E-state index < -0.39 is 5.91 Å². The van der Waals surface area contributed by atoms with Gasteiger partial charge < -0.3 is 5.32 Å². The molecule has 0 aliphatic carbocycles. The first kappa shape index (κ1) is 11.9. The van der Waals surface area contributed by atoms with Crippen LogP contribution in [-0.2, 0) is 9.59 Å². The highest BCUT2D eigenvalue weighted by Crippen LogP contribution is 1.93. The van der Waals surface area contributed by atoms with Crippen molar-refractivity contribution in [1.82, 2.24) is 11.1 Å². The highest BCUT2D eigenvalue weighted by molar-refractivity contribution is 5.75. The van der Waals surface area contributed by atoms with Crippen molar-refractivity contribution in [3.8, 4) is 0 Å². The standard InChI is InChI=1S/C9H17N2O2/c1-2-5-9(13)11-7-4-3-6-8(10)12/h10H,2-7H2,1H3,(H,11,13). The van der Waals surface area contributed by atoms with E-state index in [1.807, 2.05) is 6.92 Å². The van der Waals surface area contributed by atoms with E-state index in [0.717, 1.165) is 12.8 Å². The van der Waals surface area contributed by atoms with Gasteiger partial charge >= 0.3 is 0 Å². The van der Waals surface area contributed by atoms with Crippen LogP contribution in [0.15, 0.2) is 0 Å². The Hall–Kier alpha value is -1.06. The van der Waals surface area contributed by atoms with Gasteiger partial charge in [-0.15, -0.1) is 0 Å². The van der Waals surface area contributed by atoms with Crippen LogP contribution in [0.25, 0.3) is 0 Å². The van der Waals surface area contributed by atoms with E-state index in [-0.39, 0.29) is 5.91 Å². The SMILES string of the molecule is CCCC(=O)NCCCCC([NH])=O. The van der Waals surface area contributed by atoms with Crippen LogP contribution in [0.5, 0.6) is 0 Å².